The molecule has 4 heteroatoms. The fourth-order valence-electron chi connectivity index (χ4n) is 2.41. The van der Waals surface area contributed by atoms with E-state index in [2.05, 4.69) is 9.88 Å². The summed E-state index contributed by atoms with van der Waals surface area (Å²) in [5, 5.41) is 0. The van der Waals surface area contributed by atoms with E-state index in [0.717, 1.165) is 36.8 Å². The van der Waals surface area contributed by atoms with Crippen molar-refractivity contribution in [3.05, 3.63) is 18.3 Å². The number of alkyl halides is 1. The third kappa shape index (κ3) is 3.03. The van der Waals surface area contributed by atoms with Crippen LogP contribution in [0.15, 0.2) is 18.3 Å². The highest BCUT2D eigenvalue weighted by Gasteiger charge is 2.24. The quantitative estimate of drug-likeness (QED) is 0.755. The highest BCUT2D eigenvalue weighted by Crippen LogP contribution is 2.27. The molecule has 0 bridgehead atoms. The number of hydrogen-bond donors (Lipinski definition) is 0. The van der Waals surface area contributed by atoms with Crippen LogP contribution in [0.3, 0.4) is 0 Å². The summed E-state index contributed by atoms with van der Waals surface area (Å²) in [5.41, 5.74) is 0. The number of aromatic nitrogens is 1. The summed E-state index contributed by atoms with van der Waals surface area (Å²) in [5.74, 6) is 2.62. The maximum Gasteiger partial charge on any atom is 0.137 e. The van der Waals surface area contributed by atoms with Gasteiger partial charge in [0, 0.05) is 18.5 Å². The van der Waals surface area contributed by atoms with Gasteiger partial charge in [-0.2, -0.15) is 0 Å². The van der Waals surface area contributed by atoms with Crippen LogP contribution < -0.4 is 9.64 Å². The molecule has 1 aliphatic heterocycles. The smallest absolute Gasteiger partial charge is 0.137 e. The molecule has 2 rings (SSSR count). The van der Waals surface area contributed by atoms with Crippen molar-refractivity contribution < 1.29 is 4.74 Å². The predicted octanol–water partition coefficient (Wildman–Crippen LogP) is 3.08. The topological polar surface area (TPSA) is 25.4 Å². The van der Waals surface area contributed by atoms with Gasteiger partial charge in [0.1, 0.15) is 11.6 Å². The number of methoxy groups -OCH3 is 1. The molecular weight excluding hydrogens is 236 g/mol. The zero-order valence-corrected chi connectivity index (χ0v) is 11.0. The van der Waals surface area contributed by atoms with Gasteiger partial charge in [-0.15, -0.1) is 11.6 Å². The first kappa shape index (κ1) is 12.5. The van der Waals surface area contributed by atoms with Crippen LogP contribution in [0.2, 0.25) is 0 Å². The Morgan fingerprint density at radius 1 is 1.53 bits per heavy atom. The van der Waals surface area contributed by atoms with Crippen molar-refractivity contribution >= 4 is 17.4 Å². The Morgan fingerprint density at radius 2 is 2.41 bits per heavy atom. The molecule has 1 saturated heterocycles. The Morgan fingerprint density at radius 3 is 3.06 bits per heavy atom. The second-order valence-corrected chi connectivity index (χ2v) is 4.75. The van der Waals surface area contributed by atoms with E-state index in [0.29, 0.717) is 6.04 Å². The molecule has 0 radical (unpaired) electrons. The van der Waals surface area contributed by atoms with Crippen LogP contribution >= 0.6 is 11.6 Å². The summed E-state index contributed by atoms with van der Waals surface area (Å²) < 4.78 is 5.13. The minimum Gasteiger partial charge on any atom is -0.495 e. The first-order valence-electron chi connectivity index (χ1n) is 6.18. The lowest BCUT2D eigenvalue weighted by Crippen LogP contribution is -2.29. The first-order valence-corrected chi connectivity index (χ1v) is 6.71. The maximum absolute atomic E-state index is 5.76. The third-order valence-corrected chi connectivity index (χ3v) is 3.57. The van der Waals surface area contributed by atoms with Crippen molar-refractivity contribution in [2.45, 2.75) is 31.7 Å². The lowest BCUT2D eigenvalue weighted by atomic mass is 10.1. The molecule has 3 nitrogen and oxygen atoms in total. The number of halogens is 1. The fraction of sp³-hybridized carbons (Fsp3) is 0.615. The number of anilines is 1. The van der Waals surface area contributed by atoms with Crippen LogP contribution in [0.1, 0.15) is 25.7 Å². The monoisotopic (exact) mass is 254 g/mol. The van der Waals surface area contributed by atoms with E-state index in [-0.39, 0.29) is 0 Å². The van der Waals surface area contributed by atoms with Gasteiger partial charge in [0.2, 0.25) is 0 Å². The van der Waals surface area contributed by atoms with E-state index in [1.165, 1.54) is 12.8 Å². The Balaban J connectivity index is 2.03. The Labute approximate surface area is 108 Å². The van der Waals surface area contributed by atoms with Crippen LogP contribution in [0.5, 0.6) is 5.75 Å². The van der Waals surface area contributed by atoms with E-state index < -0.39 is 0 Å². The summed E-state index contributed by atoms with van der Waals surface area (Å²) in [7, 11) is 1.66. The minimum atomic E-state index is 0.606. The predicted molar refractivity (Wildman–Crippen MR) is 71.1 cm³/mol. The molecule has 94 valence electrons. The Bertz CT molecular complexity index is 342. The second kappa shape index (κ2) is 6.10. The molecule has 17 heavy (non-hydrogen) atoms. The minimum absolute atomic E-state index is 0.606. The molecule has 2 heterocycles. The van der Waals surface area contributed by atoms with Crippen LogP contribution in [0.25, 0.3) is 0 Å². The van der Waals surface area contributed by atoms with E-state index in [1.807, 2.05) is 12.1 Å². The molecule has 0 aliphatic carbocycles. The van der Waals surface area contributed by atoms with Crippen molar-refractivity contribution in [1.29, 1.82) is 0 Å². The Hall–Kier alpha value is -0.960. The van der Waals surface area contributed by atoms with Crippen LogP contribution in [-0.4, -0.2) is 30.6 Å². The number of hydrogen-bond acceptors (Lipinski definition) is 3. The van der Waals surface area contributed by atoms with Gasteiger partial charge in [0.15, 0.2) is 0 Å². The van der Waals surface area contributed by atoms with Gasteiger partial charge in [-0.3, -0.25) is 0 Å². The molecule has 1 fully saturated rings. The molecule has 1 unspecified atom stereocenters. The molecule has 0 N–H and O–H groups in total. The summed E-state index contributed by atoms with van der Waals surface area (Å²) in [4.78, 5) is 6.85. The zero-order chi connectivity index (χ0) is 12.1. The molecule has 0 amide bonds. The summed E-state index contributed by atoms with van der Waals surface area (Å²) in [6.45, 7) is 1.10. The van der Waals surface area contributed by atoms with Gasteiger partial charge < -0.3 is 9.64 Å². The van der Waals surface area contributed by atoms with Gasteiger partial charge in [-0.25, -0.2) is 4.98 Å². The highest BCUT2D eigenvalue weighted by molar-refractivity contribution is 6.17. The van der Waals surface area contributed by atoms with Crippen LogP contribution in [-0.2, 0) is 0 Å². The standard InChI is InChI=1S/C13H19ClN2O/c1-17-12-6-7-13(15-10-12)16-9-3-5-11(16)4-2-8-14/h6-7,10-11H,2-5,8-9H2,1H3. The summed E-state index contributed by atoms with van der Waals surface area (Å²) in [6.07, 6.45) is 6.54. The summed E-state index contributed by atoms with van der Waals surface area (Å²) in [6, 6.07) is 4.62. The Kier molecular flexibility index (Phi) is 4.49. The largest absolute Gasteiger partial charge is 0.495 e. The van der Waals surface area contributed by atoms with Crippen LogP contribution in [0.4, 0.5) is 5.82 Å². The van der Waals surface area contributed by atoms with Crippen LogP contribution in [0, 0.1) is 0 Å². The maximum atomic E-state index is 5.76. The zero-order valence-electron chi connectivity index (χ0n) is 10.2. The van der Waals surface area contributed by atoms with Gasteiger partial charge in [0.25, 0.3) is 0 Å². The molecule has 1 aromatic heterocycles. The van der Waals surface area contributed by atoms with E-state index in [4.69, 9.17) is 16.3 Å². The molecule has 0 aromatic carbocycles. The molecule has 1 aliphatic rings. The average Bonchev–Trinajstić information content (AvgIpc) is 2.84. The normalized spacial score (nSPS) is 19.6. The number of rotatable bonds is 5. The van der Waals surface area contributed by atoms with E-state index in [9.17, 15) is 0 Å². The van der Waals surface area contributed by atoms with E-state index in [1.54, 1.807) is 13.3 Å². The average molecular weight is 255 g/mol. The van der Waals surface area contributed by atoms with Crippen molar-refractivity contribution in [3.8, 4) is 5.75 Å². The molecule has 1 aromatic rings. The first-order chi connectivity index (χ1) is 8.35. The van der Waals surface area contributed by atoms with Gasteiger partial charge >= 0.3 is 0 Å². The second-order valence-electron chi connectivity index (χ2n) is 4.38. The lowest BCUT2D eigenvalue weighted by molar-refractivity contribution is 0.413. The molecule has 0 saturated carbocycles. The SMILES string of the molecule is COc1ccc(N2CCCC2CCCCl)nc1. The summed E-state index contributed by atoms with van der Waals surface area (Å²) >= 11 is 5.76. The van der Waals surface area contributed by atoms with Crippen molar-refractivity contribution in [3.63, 3.8) is 0 Å². The van der Waals surface area contributed by atoms with Crippen molar-refractivity contribution in [2.24, 2.45) is 0 Å². The molecule has 1 atom stereocenters. The van der Waals surface area contributed by atoms with Gasteiger partial charge in [-0.1, -0.05) is 0 Å². The number of nitrogens with zero attached hydrogens (tertiary/aromatic N) is 2. The lowest BCUT2D eigenvalue weighted by Gasteiger charge is -2.25. The molecule has 0 spiro atoms. The van der Waals surface area contributed by atoms with E-state index >= 15 is 0 Å². The molecular formula is C13H19ClN2O. The van der Waals surface area contributed by atoms with Gasteiger partial charge in [-0.05, 0) is 37.8 Å². The number of ether oxygens (including phenoxy) is 1. The third-order valence-electron chi connectivity index (χ3n) is 3.30. The highest BCUT2D eigenvalue weighted by atomic mass is 35.5. The van der Waals surface area contributed by atoms with Crippen molar-refractivity contribution in [2.75, 3.05) is 24.4 Å². The number of pyridine rings is 1. The fourth-order valence-corrected chi connectivity index (χ4v) is 2.57. The van der Waals surface area contributed by atoms with Crippen molar-refractivity contribution in [1.82, 2.24) is 4.98 Å². The van der Waals surface area contributed by atoms with Gasteiger partial charge in [0.05, 0.1) is 13.3 Å².